The molecule has 1 aromatic heterocycles. The zero-order valence-corrected chi connectivity index (χ0v) is 11.0. The van der Waals surface area contributed by atoms with Gasteiger partial charge in [0.05, 0.1) is 5.69 Å². The summed E-state index contributed by atoms with van der Waals surface area (Å²) in [7, 11) is 0. The average Bonchev–Trinajstić information content (AvgIpc) is 2.34. The minimum Gasteiger partial charge on any atom is -0.494 e. The van der Waals surface area contributed by atoms with Gasteiger partial charge in [-0.15, -0.1) is 0 Å². The Bertz CT molecular complexity index is 494. The number of amides is 1. The Kier molecular flexibility index (Phi) is 3.93. The fraction of sp³-hybridized carbons (Fsp3) is 0.273. The molecule has 0 unspecified atom stereocenters. The number of halogens is 2. The number of pyridine rings is 1. The maximum Gasteiger partial charge on any atom is 0.294 e. The Hall–Kier alpha value is -1.46. The molecule has 1 amide bonds. The van der Waals surface area contributed by atoms with Gasteiger partial charge in [-0.2, -0.15) is 0 Å². The molecule has 7 heteroatoms. The number of nitrogens with one attached hydrogen (secondary N) is 1. The zero-order chi connectivity index (χ0) is 13.1. The van der Waals surface area contributed by atoms with Crippen molar-refractivity contribution in [2.45, 2.75) is 6.92 Å². The molecular weight excluding hydrogens is 279 g/mol. The standard InChI is InChI=1S/C11H10Cl2N2O3/c1-6-4-8(12)14-10(13)9(6)15-11(16)7-5-17-2-3-18-7/h4-5H,2-3H2,1H3,(H,15,16). The van der Waals surface area contributed by atoms with Crippen LogP contribution in [-0.2, 0) is 14.3 Å². The predicted molar refractivity (Wildman–Crippen MR) is 67.6 cm³/mol. The number of carbonyl (C=O) groups is 1. The Morgan fingerprint density at radius 2 is 2.22 bits per heavy atom. The molecule has 1 aliphatic heterocycles. The number of ether oxygens (including phenoxy) is 2. The lowest BCUT2D eigenvalue weighted by molar-refractivity contribution is -0.117. The second-order valence-electron chi connectivity index (χ2n) is 3.58. The minimum atomic E-state index is -0.441. The largest absolute Gasteiger partial charge is 0.494 e. The van der Waals surface area contributed by atoms with Crippen LogP contribution < -0.4 is 5.32 Å². The van der Waals surface area contributed by atoms with E-state index in [0.29, 0.717) is 24.5 Å². The van der Waals surface area contributed by atoms with Crippen molar-refractivity contribution in [1.29, 1.82) is 0 Å². The molecule has 0 fully saturated rings. The van der Waals surface area contributed by atoms with Crippen LogP contribution in [0.15, 0.2) is 18.1 Å². The van der Waals surface area contributed by atoms with E-state index in [4.69, 9.17) is 32.7 Å². The summed E-state index contributed by atoms with van der Waals surface area (Å²) in [4.78, 5) is 15.7. The Balaban J connectivity index is 2.19. The summed E-state index contributed by atoms with van der Waals surface area (Å²) in [6.07, 6.45) is 1.27. The summed E-state index contributed by atoms with van der Waals surface area (Å²) >= 11 is 11.7. The fourth-order valence-corrected chi connectivity index (χ4v) is 1.99. The minimum absolute atomic E-state index is 0.103. The van der Waals surface area contributed by atoms with Crippen LogP contribution in [0, 0.1) is 6.92 Å². The molecule has 18 heavy (non-hydrogen) atoms. The first-order valence-corrected chi connectivity index (χ1v) is 5.92. The summed E-state index contributed by atoms with van der Waals surface area (Å²) in [6.45, 7) is 2.53. The predicted octanol–water partition coefficient (Wildman–Crippen LogP) is 2.52. The molecule has 2 heterocycles. The first-order chi connectivity index (χ1) is 8.58. The Morgan fingerprint density at radius 1 is 1.44 bits per heavy atom. The molecule has 0 bridgehead atoms. The van der Waals surface area contributed by atoms with Gasteiger partial charge >= 0.3 is 0 Å². The van der Waals surface area contributed by atoms with Crippen molar-refractivity contribution >= 4 is 34.8 Å². The number of anilines is 1. The van der Waals surface area contributed by atoms with Gasteiger partial charge in [-0.25, -0.2) is 4.98 Å². The molecule has 0 aliphatic carbocycles. The van der Waals surface area contributed by atoms with Crippen molar-refractivity contribution in [3.05, 3.63) is 34.0 Å². The number of rotatable bonds is 2. The van der Waals surface area contributed by atoms with E-state index in [2.05, 4.69) is 10.3 Å². The number of hydrogen-bond acceptors (Lipinski definition) is 4. The van der Waals surface area contributed by atoms with Crippen LogP contribution in [0.4, 0.5) is 5.69 Å². The van der Waals surface area contributed by atoms with Gasteiger partial charge in [0.15, 0.2) is 5.15 Å². The quantitative estimate of drug-likeness (QED) is 0.850. The van der Waals surface area contributed by atoms with Crippen LogP contribution in [0.3, 0.4) is 0 Å². The second kappa shape index (κ2) is 5.46. The summed E-state index contributed by atoms with van der Waals surface area (Å²) in [6, 6.07) is 1.61. The van der Waals surface area contributed by atoms with E-state index < -0.39 is 5.91 Å². The third-order valence-corrected chi connectivity index (χ3v) is 2.72. The number of aromatic nitrogens is 1. The van der Waals surface area contributed by atoms with Gasteiger partial charge in [-0.1, -0.05) is 23.2 Å². The molecule has 0 atom stereocenters. The maximum absolute atomic E-state index is 11.9. The number of hydrogen-bond donors (Lipinski definition) is 1. The highest BCUT2D eigenvalue weighted by molar-refractivity contribution is 6.35. The fourth-order valence-electron chi connectivity index (χ4n) is 1.41. The molecule has 2 rings (SSSR count). The summed E-state index contributed by atoms with van der Waals surface area (Å²) in [5.41, 5.74) is 1.12. The second-order valence-corrected chi connectivity index (χ2v) is 4.33. The third-order valence-electron chi connectivity index (χ3n) is 2.25. The molecule has 0 radical (unpaired) electrons. The van der Waals surface area contributed by atoms with Crippen LogP contribution in [-0.4, -0.2) is 24.1 Å². The van der Waals surface area contributed by atoms with Gasteiger partial charge < -0.3 is 14.8 Å². The van der Waals surface area contributed by atoms with Crippen LogP contribution in [0.5, 0.6) is 0 Å². The van der Waals surface area contributed by atoms with Gasteiger partial charge in [-0.3, -0.25) is 4.79 Å². The molecule has 5 nitrogen and oxygen atoms in total. The van der Waals surface area contributed by atoms with Crippen LogP contribution in [0.25, 0.3) is 0 Å². The Labute approximate surface area is 114 Å². The van der Waals surface area contributed by atoms with E-state index in [-0.39, 0.29) is 16.1 Å². The average molecular weight is 289 g/mol. The third kappa shape index (κ3) is 2.86. The molecule has 0 saturated carbocycles. The van der Waals surface area contributed by atoms with E-state index in [1.165, 1.54) is 6.26 Å². The molecule has 0 saturated heterocycles. The highest BCUT2D eigenvalue weighted by Gasteiger charge is 2.18. The van der Waals surface area contributed by atoms with Gasteiger partial charge in [0.25, 0.3) is 5.91 Å². The van der Waals surface area contributed by atoms with Crippen molar-refractivity contribution in [3.63, 3.8) is 0 Å². The van der Waals surface area contributed by atoms with E-state index in [9.17, 15) is 4.79 Å². The SMILES string of the molecule is Cc1cc(Cl)nc(Cl)c1NC(=O)C1=COCCO1. The number of carbonyl (C=O) groups excluding carboxylic acids is 1. The smallest absolute Gasteiger partial charge is 0.294 e. The highest BCUT2D eigenvalue weighted by atomic mass is 35.5. The normalized spacial score (nSPS) is 14.3. The molecule has 1 aromatic rings. The first-order valence-electron chi connectivity index (χ1n) is 5.16. The highest BCUT2D eigenvalue weighted by Crippen LogP contribution is 2.27. The van der Waals surface area contributed by atoms with E-state index in [1.807, 2.05) is 0 Å². The van der Waals surface area contributed by atoms with E-state index in [1.54, 1.807) is 13.0 Å². The first kappa shape index (κ1) is 13.0. The lowest BCUT2D eigenvalue weighted by Crippen LogP contribution is -2.21. The lowest BCUT2D eigenvalue weighted by atomic mass is 10.2. The van der Waals surface area contributed by atoms with Crippen molar-refractivity contribution in [2.24, 2.45) is 0 Å². The van der Waals surface area contributed by atoms with Crippen molar-refractivity contribution in [3.8, 4) is 0 Å². The van der Waals surface area contributed by atoms with Gasteiger partial charge in [0.2, 0.25) is 5.76 Å². The molecule has 1 aliphatic rings. The molecule has 1 N–H and O–H groups in total. The lowest BCUT2D eigenvalue weighted by Gasteiger charge is -2.16. The summed E-state index contributed by atoms with van der Waals surface area (Å²) in [5.74, 6) is -0.338. The van der Waals surface area contributed by atoms with Gasteiger partial charge in [0, 0.05) is 0 Å². The van der Waals surface area contributed by atoms with E-state index in [0.717, 1.165) is 0 Å². The van der Waals surface area contributed by atoms with Crippen molar-refractivity contribution in [1.82, 2.24) is 4.98 Å². The molecule has 96 valence electrons. The number of aryl methyl sites for hydroxylation is 1. The zero-order valence-electron chi connectivity index (χ0n) is 9.50. The van der Waals surface area contributed by atoms with Gasteiger partial charge in [-0.05, 0) is 18.6 Å². The van der Waals surface area contributed by atoms with Crippen LogP contribution in [0.2, 0.25) is 10.3 Å². The molecule has 0 spiro atoms. The summed E-state index contributed by atoms with van der Waals surface area (Å²) in [5, 5.41) is 3.01. The van der Waals surface area contributed by atoms with Crippen LogP contribution in [0.1, 0.15) is 5.56 Å². The Morgan fingerprint density at radius 3 is 2.83 bits per heavy atom. The molecular formula is C11H10Cl2N2O3. The van der Waals surface area contributed by atoms with E-state index >= 15 is 0 Å². The topological polar surface area (TPSA) is 60.5 Å². The maximum atomic E-state index is 11.9. The van der Waals surface area contributed by atoms with Crippen molar-refractivity contribution in [2.75, 3.05) is 18.5 Å². The van der Waals surface area contributed by atoms with Gasteiger partial charge in [0.1, 0.15) is 24.6 Å². The van der Waals surface area contributed by atoms with Crippen LogP contribution >= 0.6 is 23.2 Å². The summed E-state index contributed by atoms with van der Waals surface area (Å²) < 4.78 is 10.2. The monoisotopic (exact) mass is 288 g/mol. The van der Waals surface area contributed by atoms with Crippen molar-refractivity contribution < 1.29 is 14.3 Å². The number of nitrogens with zero attached hydrogens (tertiary/aromatic N) is 1. The molecule has 0 aromatic carbocycles.